The predicted molar refractivity (Wildman–Crippen MR) is 109 cm³/mol. The van der Waals surface area contributed by atoms with Crippen LogP contribution < -0.4 is 10.1 Å². The number of piperidine rings is 1. The van der Waals surface area contributed by atoms with Crippen LogP contribution in [0.2, 0.25) is 0 Å². The zero-order chi connectivity index (χ0) is 20.0. The van der Waals surface area contributed by atoms with Crippen LogP contribution in [-0.2, 0) is 10.0 Å². The summed E-state index contributed by atoms with van der Waals surface area (Å²) in [7, 11) is -3.50. The van der Waals surface area contributed by atoms with E-state index in [4.69, 9.17) is 4.74 Å². The maximum atomic E-state index is 12.7. The Labute approximate surface area is 166 Å². The number of carbonyl (C=O) groups excluding carboxylic acids is 1. The van der Waals surface area contributed by atoms with Gasteiger partial charge in [0.05, 0.1) is 17.2 Å². The molecule has 1 amide bonds. The highest BCUT2D eigenvalue weighted by atomic mass is 32.2. The summed E-state index contributed by atoms with van der Waals surface area (Å²) in [5.41, 5.74) is 0.980. The van der Waals surface area contributed by atoms with Gasteiger partial charge in [0.1, 0.15) is 5.75 Å². The van der Waals surface area contributed by atoms with Gasteiger partial charge in [-0.05, 0) is 55.7 Å². The number of para-hydroxylation sites is 2. The van der Waals surface area contributed by atoms with Crippen molar-refractivity contribution in [3.63, 3.8) is 0 Å². The number of anilines is 1. The van der Waals surface area contributed by atoms with Crippen LogP contribution in [0.1, 0.15) is 43.0 Å². The van der Waals surface area contributed by atoms with E-state index in [1.165, 1.54) is 16.4 Å². The molecule has 1 heterocycles. The van der Waals surface area contributed by atoms with E-state index >= 15 is 0 Å². The summed E-state index contributed by atoms with van der Waals surface area (Å²) in [6, 6.07) is 13.3. The van der Waals surface area contributed by atoms with Gasteiger partial charge in [-0.1, -0.05) is 25.5 Å². The SMILES string of the molecule is CCCOc1ccccc1NC(=O)c1ccc(S(=O)(=O)N2CCCCC2)cc1. The van der Waals surface area contributed by atoms with Crippen LogP contribution in [0.4, 0.5) is 5.69 Å². The van der Waals surface area contributed by atoms with E-state index < -0.39 is 10.0 Å². The molecular weight excluding hydrogens is 376 g/mol. The molecule has 0 aromatic heterocycles. The number of benzene rings is 2. The Kier molecular flexibility index (Phi) is 6.70. The molecule has 28 heavy (non-hydrogen) atoms. The van der Waals surface area contributed by atoms with Gasteiger partial charge in [-0.3, -0.25) is 4.79 Å². The summed E-state index contributed by atoms with van der Waals surface area (Å²) in [5, 5.41) is 2.83. The quantitative estimate of drug-likeness (QED) is 0.762. The van der Waals surface area contributed by atoms with E-state index in [0.717, 1.165) is 25.7 Å². The zero-order valence-corrected chi connectivity index (χ0v) is 16.9. The zero-order valence-electron chi connectivity index (χ0n) is 16.1. The average Bonchev–Trinajstić information content (AvgIpc) is 2.74. The monoisotopic (exact) mass is 402 g/mol. The first-order valence-electron chi connectivity index (χ1n) is 9.66. The van der Waals surface area contributed by atoms with Crippen LogP contribution in [-0.4, -0.2) is 38.3 Å². The van der Waals surface area contributed by atoms with E-state index in [2.05, 4.69) is 5.32 Å². The number of rotatable bonds is 7. The Morgan fingerprint density at radius 1 is 1.04 bits per heavy atom. The van der Waals surface area contributed by atoms with Crippen LogP contribution in [0.3, 0.4) is 0 Å². The molecule has 7 heteroatoms. The smallest absolute Gasteiger partial charge is 0.255 e. The minimum atomic E-state index is -3.50. The summed E-state index contributed by atoms with van der Waals surface area (Å²) < 4.78 is 32.6. The lowest BCUT2D eigenvalue weighted by atomic mass is 10.2. The van der Waals surface area contributed by atoms with Gasteiger partial charge < -0.3 is 10.1 Å². The molecule has 1 saturated heterocycles. The summed E-state index contributed by atoms with van der Waals surface area (Å²) in [5.74, 6) is 0.302. The molecule has 0 radical (unpaired) electrons. The van der Waals surface area contributed by atoms with Crippen LogP contribution in [0.15, 0.2) is 53.4 Å². The third-order valence-corrected chi connectivity index (χ3v) is 6.58. The molecule has 0 bridgehead atoms. The van der Waals surface area contributed by atoms with Crippen LogP contribution in [0, 0.1) is 0 Å². The van der Waals surface area contributed by atoms with Crippen molar-refractivity contribution in [1.29, 1.82) is 0 Å². The summed E-state index contributed by atoms with van der Waals surface area (Å²) >= 11 is 0. The van der Waals surface area contributed by atoms with Gasteiger partial charge in [0.25, 0.3) is 5.91 Å². The number of nitrogens with one attached hydrogen (secondary N) is 1. The fraction of sp³-hybridized carbons (Fsp3) is 0.381. The summed E-state index contributed by atoms with van der Waals surface area (Å²) in [4.78, 5) is 12.8. The Morgan fingerprint density at radius 2 is 1.71 bits per heavy atom. The highest BCUT2D eigenvalue weighted by molar-refractivity contribution is 7.89. The van der Waals surface area contributed by atoms with Crippen molar-refractivity contribution in [1.82, 2.24) is 4.31 Å². The Morgan fingerprint density at radius 3 is 2.39 bits per heavy atom. The lowest BCUT2D eigenvalue weighted by molar-refractivity contribution is 0.102. The van der Waals surface area contributed by atoms with E-state index in [0.29, 0.717) is 36.7 Å². The number of ether oxygens (including phenoxy) is 1. The van der Waals surface area contributed by atoms with E-state index in [-0.39, 0.29) is 10.8 Å². The lowest BCUT2D eigenvalue weighted by Crippen LogP contribution is -2.35. The van der Waals surface area contributed by atoms with E-state index in [1.54, 1.807) is 24.3 Å². The van der Waals surface area contributed by atoms with Gasteiger partial charge in [-0.15, -0.1) is 0 Å². The topological polar surface area (TPSA) is 75.7 Å². The third-order valence-electron chi connectivity index (χ3n) is 4.67. The van der Waals surface area contributed by atoms with Gasteiger partial charge in [0.15, 0.2) is 0 Å². The second-order valence-corrected chi connectivity index (χ2v) is 8.73. The Balaban J connectivity index is 1.72. The van der Waals surface area contributed by atoms with Crippen molar-refractivity contribution in [2.75, 3.05) is 25.0 Å². The molecule has 1 fully saturated rings. The third kappa shape index (κ3) is 4.72. The predicted octanol–water partition coefficient (Wildman–Crippen LogP) is 3.90. The lowest BCUT2D eigenvalue weighted by Gasteiger charge is -2.25. The maximum Gasteiger partial charge on any atom is 0.255 e. The molecular formula is C21H26N2O4S. The van der Waals surface area contributed by atoms with Crippen molar-refractivity contribution in [2.24, 2.45) is 0 Å². The van der Waals surface area contributed by atoms with Crippen LogP contribution >= 0.6 is 0 Å². The van der Waals surface area contributed by atoms with Crippen LogP contribution in [0.5, 0.6) is 5.75 Å². The first kappa shape index (κ1) is 20.4. The molecule has 0 atom stereocenters. The molecule has 0 unspecified atom stereocenters. The molecule has 1 aliphatic rings. The fourth-order valence-corrected chi connectivity index (χ4v) is 4.65. The van der Waals surface area contributed by atoms with Crippen molar-refractivity contribution in [3.05, 3.63) is 54.1 Å². The first-order chi connectivity index (χ1) is 13.5. The Hall–Kier alpha value is -2.38. The fourth-order valence-electron chi connectivity index (χ4n) is 3.13. The van der Waals surface area contributed by atoms with Crippen molar-refractivity contribution in [2.45, 2.75) is 37.5 Å². The average molecular weight is 403 g/mol. The van der Waals surface area contributed by atoms with Gasteiger partial charge in [0, 0.05) is 18.7 Å². The minimum absolute atomic E-state index is 0.220. The van der Waals surface area contributed by atoms with Crippen molar-refractivity contribution < 1.29 is 17.9 Å². The second-order valence-electron chi connectivity index (χ2n) is 6.79. The van der Waals surface area contributed by atoms with E-state index in [1.807, 2.05) is 19.1 Å². The van der Waals surface area contributed by atoms with Crippen molar-refractivity contribution >= 4 is 21.6 Å². The normalized spacial score (nSPS) is 15.2. The van der Waals surface area contributed by atoms with Crippen molar-refractivity contribution in [3.8, 4) is 5.75 Å². The number of carbonyl (C=O) groups is 1. The molecule has 2 aromatic carbocycles. The molecule has 6 nitrogen and oxygen atoms in total. The number of nitrogens with zero attached hydrogens (tertiary/aromatic N) is 1. The molecule has 1 aliphatic heterocycles. The molecule has 1 N–H and O–H groups in total. The highest BCUT2D eigenvalue weighted by Gasteiger charge is 2.26. The Bertz CT molecular complexity index is 904. The molecule has 2 aromatic rings. The second kappa shape index (κ2) is 9.21. The van der Waals surface area contributed by atoms with Gasteiger partial charge in [0.2, 0.25) is 10.0 Å². The number of hydrogen-bond acceptors (Lipinski definition) is 4. The minimum Gasteiger partial charge on any atom is -0.491 e. The molecule has 0 saturated carbocycles. The standard InChI is InChI=1S/C21H26N2O4S/c1-2-16-27-20-9-5-4-8-19(20)22-21(24)17-10-12-18(13-11-17)28(25,26)23-14-6-3-7-15-23/h4-5,8-13H,2-3,6-7,14-16H2,1H3,(H,22,24). The first-order valence-corrected chi connectivity index (χ1v) is 11.1. The maximum absolute atomic E-state index is 12.7. The molecule has 0 aliphatic carbocycles. The number of amides is 1. The van der Waals surface area contributed by atoms with Gasteiger partial charge in [-0.25, -0.2) is 8.42 Å². The van der Waals surface area contributed by atoms with Crippen LogP contribution in [0.25, 0.3) is 0 Å². The molecule has 3 rings (SSSR count). The largest absolute Gasteiger partial charge is 0.491 e. The summed E-state index contributed by atoms with van der Waals surface area (Å²) in [6.45, 7) is 3.69. The summed E-state index contributed by atoms with van der Waals surface area (Å²) in [6.07, 6.45) is 3.71. The van der Waals surface area contributed by atoms with Gasteiger partial charge >= 0.3 is 0 Å². The van der Waals surface area contributed by atoms with E-state index in [9.17, 15) is 13.2 Å². The number of hydrogen-bond donors (Lipinski definition) is 1. The number of sulfonamides is 1. The molecule has 150 valence electrons. The molecule has 0 spiro atoms. The highest BCUT2D eigenvalue weighted by Crippen LogP contribution is 2.25. The van der Waals surface area contributed by atoms with Gasteiger partial charge in [-0.2, -0.15) is 4.31 Å².